The van der Waals surface area contributed by atoms with Gasteiger partial charge in [-0.1, -0.05) is 35.9 Å². The average molecular weight is 457 g/mol. The van der Waals surface area contributed by atoms with Crippen LogP contribution in [0.4, 0.5) is 0 Å². The summed E-state index contributed by atoms with van der Waals surface area (Å²) in [5.74, 6) is 0.715. The zero-order valence-electron chi connectivity index (χ0n) is 18.3. The van der Waals surface area contributed by atoms with Gasteiger partial charge in [0.05, 0.1) is 38.6 Å². The maximum Gasteiger partial charge on any atom is 0.257 e. The molecule has 0 saturated carbocycles. The van der Waals surface area contributed by atoms with E-state index in [0.29, 0.717) is 11.4 Å². The standard InChI is InChI=1S/C24H29ClN4O3/c1-31-21-4-2-3-19(15-21)22-16-23(18-5-7-20(25)8-6-18)29(27-22)24(30)17-26-9-10-28-11-13-32-14-12-28/h2-8,15,23,26H,9-14,16-17H2,1H3. The van der Waals surface area contributed by atoms with Crippen LogP contribution in [-0.4, -0.2) is 74.6 Å². The van der Waals surface area contributed by atoms with Crippen molar-refractivity contribution in [2.24, 2.45) is 5.10 Å². The van der Waals surface area contributed by atoms with Gasteiger partial charge in [-0.2, -0.15) is 5.10 Å². The van der Waals surface area contributed by atoms with Crippen LogP contribution in [0.1, 0.15) is 23.6 Å². The number of hydrogen-bond donors (Lipinski definition) is 1. The summed E-state index contributed by atoms with van der Waals surface area (Å²) in [6.45, 7) is 5.31. The summed E-state index contributed by atoms with van der Waals surface area (Å²) in [7, 11) is 1.64. The van der Waals surface area contributed by atoms with Crippen molar-refractivity contribution < 1.29 is 14.3 Å². The predicted octanol–water partition coefficient (Wildman–Crippen LogP) is 2.95. The Kier molecular flexibility index (Phi) is 7.76. The Hall–Kier alpha value is -2.45. The Morgan fingerprint density at radius 2 is 2.00 bits per heavy atom. The number of nitrogens with zero attached hydrogens (tertiary/aromatic N) is 3. The van der Waals surface area contributed by atoms with E-state index in [1.807, 2.05) is 48.5 Å². The van der Waals surface area contributed by atoms with Gasteiger partial charge in [0.1, 0.15) is 5.75 Å². The fraction of sp³-hybridized carbons (Fsp3) is 0.417. The predicted molar refractivity (Wildman–Crippen MR) is 125 cm³/mol. The molecule has 2 aliphatic rings. The molecule has 1 N–H and O–H groups in total. The molecule has 32 heavy (non-hydrogen) atoms. The first-order valence-electron chi connectivity index (χ1n) is 10.9. The highest BCUT2D eigenvalue weighted by molar-refractivity contribution is 6.30. The van der Waals surface area contributed by atoms with Crippen molar-refractivity contribution in [2.45, 2.75) is 12.5 Å². The van der Waals surface area contributed by atoms with Crippen LogP contribution in [0.5, 0.6) is 5.75 Å². The second-order valence-corrected chi connectivity index (χ2v) is 8.36. The molecule has 7 nitrogen and oxygen atoms in total. The summed E-state index contributed by atoms with van der Waals surface area (Å²) >= 11 is 6.08. The van der Waals surface area contributed by atoms with Gasteiger partial charge in [0, 0.05) is 43.2 Å². The lowest BCUT2D eigenvalue weighted by molar-refractivity contribution is -0.132. The Morgan fingerprint density at radius 1 is 1.22 bits per heavy atom. The minimum absolute atomic E-state index is 0.0511. The number of carbonyl (C=O) groups is 1. The Labute approximate surface area is 193 Å². The monoisotopic (exact) mass is 456 g/mol. The van der Waals surface area contributed by atoms with Crippen LogP contribution in [0.2, 0.25) is 5.02 Å². The van der Waals surface area contributed by atoms with Crippen molar-refractivity contribution in [3.05, 3.63) is 64.7 Å². The number of nitrogens with one attached hydrogen (secondary N) is 1. The molecule has 0 bridgehead atoms. The molecular weight excluding hydrogens is 428 g/mol. The lowest BCUT2D eigenvalue weighted by atomic mass is 9.98. The number of amides is 1. The summed E-state index contributed by atoms with van der Waals surface area (Å²) in [6.07, 6.45) is 0.633. The zero-order valence-corrected chi connectivity index (χ0v) is 19.1. The van der Waals surface area contributed by atoms with E-state index < -0.39 is 0 Å². The average Bonchev–Trinajstić information content (AvgIpc) is 3.28. The second kappa shape index (κ2) is 10.9. The number of morpholine rings is 1. The highest BCUT2D eigenvalue weighted by Crippen LogP contribution is 2.33. The minimum atomic E-state index is -0.165. The van der Waals surface area contributed by atoms with Gasteiger partial charge in [-0.3, -0.25) is 9.69 Å². The third-order valence-corrected chi connectivity index (χ3v) is 6.06. The van der Waals surface area contributed by atoms with Crippen molar-refractivity contribution >= 4 is 23.2 Å². The van der Waals surface area contributed by atoms with E-state index in [9.17, 15) is 4.79 Å². The van der Waals surface area contributed by atoms with Crippen LogP contribution >= 0.6 is 11.6 Å². The number of carbonyl (C=O) groups excluding carboxylic acids is 1. The first-order valence-corrected chi connectivity index (χ1v) is 11.3. The molecule has 170 valence electrons. The molecule has 1 amide bonds. The lowest BCUT2D eigenvalue weighted by Crippen LogP contribution is -2.42. The van der Waals surface area contributed by atoms with Gasteiger partial charge in [-0.05, 0) is 29.8 Å². The number of ether oxygens (including phenoxy) is 2. The van der Waals surface area contributed by atoms with E-state index in [1.54, 1.807) is 12.1 Å². The molecule has 4 rings (SSSR count). The van der Waals surface area contributed by atoms with E-state index in [0.717, 1.165) is 62.0 Å². The highest BCUT2D eigenvalue weighted by atomic mass is 35.5. The number of rotatable bonds is 8. The highest BCUT2D eigenvalue weighted by Gasteiger charge is 2.33. The van der Waals surface area contributed by atoms with Gasteiger partial charge < -0.3 is 14.8 Å². The molecule has 2 aromatic rings. The number of hydrazone groups is 1. The molecule has 1 fully saturated rings. The van der Waals surface area contributed by atoms with Crippen LogP contribution in [0.15, 0.2) is 53.6 Å². The molecule has 1 unspecified atom stereocenters. The molecule has 0 spiro atoms. The van der Waals surface area contributed by atoms with Crippen LogP contribution < -0.4 is 10.1 Å². The molecule has 2 aromatic carbocycles. The molecule has 0 radical (unpaired) electrons. The lowest BCUT2D eigenvalue weighted by Gasteiger charge is -2.26. The Morgan fingerprint density at radius 3 is 2.75 bits per heavy atom. The van der Waals surface area contributed by atoms with Crippen molar-refractivity contribution in [3.8, 4) is 5.75 Å². The molecule has 8 heteroatoms. The normalized spacial score (nSPS) is 19.1. The van der Waals surface area contributed by atoms with Gasteiger partial charge in [-0.25, -0.2) is 5.01 Å². The smallest absolute Gasteiger partial charge is 0.257 e. The summed E-state index contributed by atoms with van der Waals surface area (Å²) in [5.41, 5.74) is 2.84. The molecule has 1 saturated heterocycles. The summed E-state index contributed by atoms with van der Waals surface area (Å²) in [4.78, 5) is 15.5. The topological polar surface area (TPSA) is 66.4 Å². The van der Waals surface area contributed by atoms with Gasteiger partial charge >= 0.3 is 0 Å². The van der Waals surface area contributed by atoms with Crippen LogP contribution in [0, 0.1) is 0 Å². The number of halogens is 1. The quantitative estimate of drug-likeness (QED) is 0.619. The van der Waals surface area contributed by atoms with Crippen molar-refractivity contribution in [1.29, 1.82) is 0 Å². The van der Waals surface area contributed by atoms with Gasteiger partial charge in [-0.15, -0.1) is 0 Å². The first-order chi connectivity index (χ1) is 15.6. The largest absolute Gasteiger partial charge is 0.497 e. The van der Waals surface area contributed by atoms with E-state index in [1.165, 1.54) is 0 Å². The fourth-order valence-electron chi connectivity index (χ4n) is 4.00. The fourth-order valence-corrected chi connectivity index (χ4v) is 4.13. The van der Waals surface area contributed by atoms with Gasteiger partial charge in [0.15, 0.2) is 0 Å². The third kappa shape index (κ3) is 5.66. The number of hydrogen-bond acceptors (Lipinski definition) is 6. The SMILES string of the molecule is COc1cccc(C2=NN(C(=O)CNCCN3CCOCC3)C(c3ccc(Cl)cc3)C2)c1. The second-order valence-electron chi connectivity index (χ2n) is 7.92. The van der Waals surface area contributed by atoms with E-state index >= 15 is 0 Å². The maximum absolute atomic E-state index is 13.1. The molecule has 2 aliphatic heterocycles. The molecule has 1 atom stereocenters. The van der Waals surface area contributed by atoms with Crippen LogP contribution in [-0.2, 0) is 9.53 Å². The summed E-state index contributed by atoms with van der Waals surface area (Å²) < 4.78 is 10.7. The van der Waals surface area contributed by atoms with Gasteiger partial charge in [0.25, 0.3) is 5.91 Å². The van der Waals surface area contributed by atoms with Crippen molar-refractivity contribution in [1.82, 2.24) is 15.2 Å². The van der Waals surface area contributed by atoms with Gasteiger partial charge in [0.2, 0.25) is 0 Å². The van der Waals surface area contributed by atoms with Crippen LogP contribution in [0.3, 0.4) is 0 Å². The van der Waals surface area contributed by atoms with E-state index in [-0.39, 0.29) is 18.5 Å². The molecule has 0 aromatic heterocycles. The zero-order chi connectivity index (χ0) is 22.3. The Balaban J connectivity index is 1.45. The minimum Gasteiger partial charge on any atom is -0.497 e. The first kappa shape index (κ1) is 22.7. The molecular formula is C24H29ClN4O3. The summed E-state index contributed by atoms with van der Waals surface area (Å²) in [5, 5.41) is 10.3. The van der Waals surface area contributed by atoms with E-state index in [2.05, 4.69) is 10.2 Å². The Bertz CT molecular complexity index is 945. The van der Waals surface area contributed by atoms with Crippen molar-refractivity contribution in [2.75, 3.05) is 53.0 Å². The van der Waals surface area contributed by atoms with Crippen LogP contribution in [0.25, 0.3) is 0 Å². The number of methoxy groups -OCH3 is 1. The maximum atomic E-state index is 13.1. The molecule has 2 heterocycles. The summed E-state index contributed by atoms with van der Waals surface area (Å²) in [6, 6.07) is 15.2. The third-order valence-electron chi connectivity index (χ3n) is 5.81. The number of benzene rings is 2. The van der Waals surface area contributed by atoms with Crippen molar-refractivity contribution in [3.63, 3.8) is 0 Å². The van der Waals surface area contributed by atoms with E-state index in [4.69, 9.17) is 26.2 Å². The molecule has 0 aliphatic carbocycles.